The van der Waals surface area contributed by atoms with Crippen LogP contribution in [-0.2, 0) is 14.3 Å². The van der Waals surface area contributed by atoms with Gasteiger partial charge in [0, 0.05) is 0 Å². The number of ether oxygens (including phenoxy) is 2. The Balaban J connectivity index is 2.56. The molecule has 106 valence electrons. The average Bonchev–Trinajstić information content (AvgIpc) is 2.34. The van der Waals surface area contributed by atoms with Crippen molar-refractivity contribution in [3.63, 3.8) is 0 Å². The van der Waals surface area contributed by atoms with E-state index in [-0.39, 0.29) is 0 Å². The van der Waals surface area contributed by atoms with E-state index in [2.05, 4.69) is 0 Å². The van der Waals surface area contributed by atoms with Crippen LogP contribution < -0.4 is 5.73 Å². The van der Waals surface area contributed by atoms with Crippen LogP contribution in [0.1, 0.15) is 0 Å². The summed E-state index contributed by atoms with van der Waals surface area (Å²) in [7, 11) is 0. The van der Waals surface area contributed by atoms with Gasteiger partial charge in [0.05, 0.1) is 13.2 Å². The van der Waals surface area contributed by atoms with Crippen LogP contribution in [0.4, 0.5) is 0 Å². The van der Waals surface area contributed by atoms with Gasteiger partial charge in [0.2, 0.25) is 5.91 Å². The van der Waals surface area contributed by atoms with Gasteiger partial charge < -0.3 is 40.7 Å². The van der Waals surface area contributed by atoms with E-state index in [1.54, 1.807) is 0 Å². The molecule has 6 atom stereocenters. The fraction of sp³-hybridized carbons (Fsp3) is 0.889. The summed E-state index contributed by atoms with van der Waals surface area (Å²) in [6.45, 7) is -1.14. The van der Waals surface area contributed by atoms with Gasteiger partial charge in [-0.3, -0.25) is 4.79 Å². The lowest BCUT2D eigenvalue weighted by Gasteiger charge is -2.39. The van der Waals surface area contributed by atoms with Crippen molar-refractivity contribution in [2.24, 2.45) is 5.73 Å². The molecular weight excluding hydrogens is 250 g/mol. The van der Waals surface area contributed by atoms with Gasteiger partial charge in [-0.1, -0.05) is 0 Å². The summed E-state index contributed by atoms with van der Waals surface area (Å²) in [5.74, 6) is -1.01. The first-order valence-electron chi connectivity index (χ1n) is 5.28. The minimum Gasteiger partial charge on any atom is -0.394 e. The first kappa shape index (κ1) is 15.2. The maximum absolute atomic E-state index is 10.5. The molecule has 0 bridgehead atoms. The summed E-state index contributed by atoms with van der Waals surface area (Å²) in [6, 6.07) is 0. The molecule has 1 fully saturated rings. The van der Waals surface area contributed by atoms with Gasteiger partial charge in [0.1, 0.15) is 24.4 Å². The zero-order chi connectivity index (χ0) is 13.9. The lowest BCUT2D eigenvalue weighted by atomic mass is 9.99. The van der Waals surface area contributed by atoms with Crippen molar-refractivity contribution < 1.29 is 39.8 Å². The molecule has 18 heavy (non-hydrogen) atoms. The summed E-state index contributed by atoms with van der Waals surface area (Å²) in [4.78, 5) is 10.5. The smallest absolute Gasteiger partial charge is 0.248 e. The monoisotopic (exact) mass is 267 g/mol. The van der Waals surface area contributed by atoms with Crippen molar-refractivity contribution in [1.82, 2.24) is 0 Å². The molecule has 1 aliphatic heterocycles. The number of aliphatic hydroxyl groups is 5. The van der Waals surface area contributed by atoms with Crippen molar-refractivity contribution in [3.8, 4) is 0 Å². The number of hydrogen-bond donors (Lipinski definition) is 6. The summed E-state index contributed by atoms with van der Waals surface area (Å²) >= 11 is 0. The molecule has 0 aliphatic carbocycles. The van der Waals surface area contributed by atoms with E-state index in [9.17, 15) is 20.1 Å². The van der Waals surface area contributed by atoms with Crippen molar-refractivity contribution in [2.75, 3.05) is 13.2 Å². The molecule has 7 N–H and O–H groups in total. The van der Waals surface area contributed by atoms with Gasteiger partial charge in [-0.15, -0.1) is 0 Å². The first-order valence-corrected chi connectivity index (χ1v) is 5.28. The molecule has 1 heterocycles. The summed E-state index contributed by atoms with van der Waals surface area (Å²) in [5.41, 5.74) is 4.79. The van der Waals surface area contributed by atoms with Crippen LogP contribution in [0.15, 0.2) is 0 Å². The quantitative estimate of drug-likeness (QED) is 0.291. The van der Waals surface area contributed by atoms with Crippen LogP contribution in [0.2, 0.25) is 0 Å². The highest BCUT2D eigenvalue weighted by Gasteiger charge is 2.44. The highest BCUT2D eigenvalue weighted by Crippen LogP contribution is 2.21. The van der Waals surface area contributed by atoms with E-state index in [1.807, 2.05) is 0 Å². The Labute approximate surface area is 102 Å². The zero-order valence-electron chi connectivity index (χ0n) is 9.42. The third-order valence-corrected chi connectivity index (χ3v) is 2.60. The third-order valence-electron chi connectivity index (χ3n) is 2.60. The van der Waals surface area contributed by atoms with E-state index in [1.165, 1.54) is 0 Å². The predicted octanol–water partition coefficient (Wildman–Crippen LogP) is -4.35. The van der Waals surface area contributed by atoms with E-state index in [4.69, 9.17) is 25.4 Å². The molecule has 0 aromatic heterocycles. The van der Waals surface area contributed by atoms with Gasteiger partial charge in [-0.25, -0.2) is 0 Å². The minimum atomic E-state index is -1.59. The fourth-order valence-corrected chi connectivity index (χ4v) is 1.47. The molecule has 0 aromatic rings. The number of amides is 1. The predicted molar refractivity (Wildman–Crippen MR) is 54.9 cm³/mol. The second kappa shape index (κ2) is 6.38. The Hall–Kier alpha value is -0.810. The zero-order valence-corrected chi connectivity index (χ0v) is 9.42. The molecule has 0 aromatic carbocycles. The maximum atomic E-state index is 10.5. The van der Waals surface area contributed by atoms with Crippen LogP contribution >= 0.6 is 0 Å². The molecule has 0 unspecified atom stereocenters. The van der Waals surface area contributed by atoms with Gasteiger partial charge in [-0.2, -0.15) is 0 Å². The minimum absolute atomic E-state index is 0.544. The molecule has 0 radical (unpaired) electrons. The Bertz CT molecular complexity index is 286. The average molecular weight is 267 g/mol. The van der Waals surface area contributed by atoms with E-state index < -0.39 is 55.9 Å². The van der Waals surface area contributed by atoms with Crippen LogP contribution in [-0.4, -0.2) is 81.5 Å². The number of aliphatic hydroxyl groups excluding tert-OH is 5. The normalized spacial score (nSPS) is 38.4. The molecule has 1 saturated heterocycles. The molecule has 0 saturated carbocycles. The number of hydrogen-bond acceptors (Lipinski definition) is 8. The molecule has 9 heteroatoms. The molecule has 1 rings (SSSR count). The number of primary amides is 1. The van der Waals surface area contributed by atoms with Crippen molar-refractivity contribution >= 4 is 5.91 Å². The van der Waals surface area contributed by atoms with Crippen molar-refractivity contribution in [3.05, 3.63) is 0 Å². The summed E-state index contributed by atoms with van der Waals surface area (Å²) < 4.78 is 9.83. The van der Waals surface area contributed by atoms with E-state index >= 15 is 0 Å². The second-order valence-corrected chi connectivity index (χ2v) is 3.95. The number of rotatable bonds is 5. The Morgan fingerprint density at radius 2 is 1.89 bits per heavy atom. The number of carbonyl (C=O) groups is 1. The lowest BCUT2D eigenvalue weighted by molar-refractivity contribution is -0.303. The molecule has 1 amide bonds. The van der Waals surface area contributed by atoms with Crippen LogP contribution in [0.25, 0.3) is 0 Å². The van der Waals surface area contributed by atoms with Gasteiger partial charge in [0.15, 0.2) is 12.4 Å². The van der Waals surface area contributed by atoms with E-state index in [0.29, 0.717) is 0 Å². The standard InChI is InChI=1S/C9H17NO8/c10-8(16)3(12)2-17-9-7(15)6(14)5(13)4(1-11)18-9/h3-7,9,11-15H,1-2H2,(H2,10,16)/t3-,4-,5-,6+,7+,9-/m1/s1. The largest absolute Gasteiger partial charge is 0.394 e. The summed E-state index contributed by atoms with van der Waals surface area (Å²) in [5, 5.41) is 46.4. The van der Waals surface area contributed by atoms with Gasteiger partial charge >= 0.3 is 0 Å². The maximum Gasteiger partial charge on any atom is 0.248 e. The van der Waals surface area contributed by atoms with Crippen LogP contribution in [0.5, 0.6) is 0 Å². The third kappa shape index (κ3) is 3.36. The second-order valence-electron chi connectivity index (χ2n) is 3.95. The van der Waals surface area contributed by atoms with Crippen LogP contribution in [0, 0.1) is 0 Å². The first-order chi connectivity index (χ1) is 8.38. The van der Waals surface area contributed by atoms with Crippen LogP contribution in [0.3, 0.4) is 0 Å². The van der Waals surface area contributed by atoms with Gasteiger partial charge in [-0.05, 0) is 0 Å². The molecule has 0 spiro atoms. The highest BCUT2D eigenvalue weighted by atomic mass is 16.7. The number of nitrogens with two attached hydrogens (primary N) is 1. The Kier molecular flexibility index (Phi) is 5.41. The summed E-state index contributed by atoms with van der Waals surface area (Å²) in [6.07, 6.45) is -8.74. The number of carbonyl (C=O) groups excluding carboxylic acids is 1. The lowest BCUT2D eigenvalue weighted by Crippen LogP contribution is -2.59. The molecule has 9 nitrogen and oxygen atoms in total. The Morgan fingerprint density at radius 3 is 2.39 bits per heavy atom. The Morgan fingerprint density at radius 1 is 1.28 bits per heavy atom. The SMILES string of the molecule is NC(=O)[C@H](O)CO[C@@H]1O[C@H](CO)[C@@H](O)[C@H](O)[C@@H]1O. The highest BCUT2D eigenvalue weighted by molar-refractivity contribution is 5.78. The van der Waals surface area contributed by atoms with Gasteiger partial charge in [0.25, 0.3) is 0 Å². The van der Waals surface area contributed by atoms with Crippen molar-refractivity contribution in [2.45, 2.75) is 36.8 Å². The topological polar surface area (TPSA) is 163 Å². The molecule has 1 aliphatic rings. The van der Waals surface area contributed by atoms with E-state index in [0.717, 1.165) is 0 Å². The fourth-order valence-electron chi connectivity index (χ4n) is 1.47. The molecular formula is C9H17NO8. The van der Waals surface area contributed by atoms with Crippen molar-refractivity contribution in [1.29, 1.82) is 0 Å².